The minimum Gasteiger partial charge on any atom is -0.406 e. The number of aryl methyl sites for hydroxylation is 2. The first kappa shape index (κ1) is 30.9. The smallest absolute Gasteiger partial charge is 0.406 e. The normalized spacial score (nSPS) is 15.2. The van der Waals surface area contributed by atoms with E-state index in [9.17, 15) is 18.0 Å². The first-order valence-corrected chi connectivity index (χ1v) is 14.9. The predicted octanol–water partition coefficient (Wildman–Crippen LogP) is 7.91. The molecule has 0 aliphatic carbocycles. The minimum atomic E-state index is -4.75. The Hall–Kier alpha value is -4.58. The Morgan fingerprint density at radius 1 is 1.00 bits per heavy atom. The quantitative estimate of drug-likeness (QED) is 0.236. The molecule has 0 atom stereocenters. The molecule has 0 unspecified atom stereocenters. The van der Waals surface area contributed by atoms with Gasteiger partial charge in [0.2, 0.25) is 0 Å². The van der Waals surface area contributed by atoms with Crippen molar-refractivity contribution in [1.29, 1.82) is 0 Å². The number of para-hydroxylation sites is 1. The van der Waals surface area contributed by atoms with Gasteiger partial charge in [0, 0.05) is 29.2 Å². The summed E-state index contributed by atoms with van der Waals surface area (Å²) in [5.41, 5.74) is 7.15. The molecule has 1 saturated heterocycles. The van der Waals surface area contributed by atoms with Crippen molar-refractivity contribution in [2.24, 2.45) is 4.99 Å². The lowest BCUT2D eigenvalue weighted by atomic mass is 10.0. The number of benzene rings is 3. The van der Waals surface area contributed by atoms with Crippen LogP contribution in [-0.4, -0.2) is 44.6 Å². The van der Waals surface area contributed by atoms with E-state index in [-0.39, 0.29) is 5.75 Å². The Morgan fingerprint density at radius 3 is 2.34 bits per heavy atom. The van der Waals surface area contributed by atoms with Crippen molar-refractivity contribution >= 4 is 34.2 Å². The van der Waals surface area contributed by atoms with Gasteiger partial charge in [-0.2, -0.15) is 4.99 Å². The fourth-order valence-corrected chi connectivity index (χ4v) is 5.81. The maximum absolute atomic E-state index is 13.0. The number of anilines is 1. The number of amides is 2. The Labute approximate surface area is 257 Å². The fourth-order valence-electron chi connectivity index (χ4n) is 4.87. The van der Waals surface area contributed by atoms with E-state index in [0.29, 0.717) is 22.4 Å². The van der Waals surface area contributed by atoms with Gasteiger partial charge < -0.3 is 15.0 Å². The van der Waals surface area contributed by atoms with Crippen LogP contribution in [0, 0.1) is 13.8 Å². The zero-order chi connectivity index (χ0) is 31.4. The van der Waals surface area contributed by atoms with Gasteiger partial charge in [-0.05, 0) is 80.6 Å². The SMILES string of the molecule is C/C(NC(=O)/N=C1\SCCCN1c1c(C)cccc1C)=C(/C)c1ccc(-c2ncn(-c3ccc(OC(F)(F)F)cc3)n2)cc1. The molecule has 0 radical (unpaired) electrons. The number of carbonyl (C=O) groups excluding carboxylic acids is 1. The zero-order valence-electron chi connectivity index (χ0n) is 24.6. The molecule has 12 heteroatoms. The number of hydrogen-bond donors (Lipinski definition) is 1. The summed E-state index contributed by atoms with van der Waals surface area (Å²) in [5.74, 6) is 1.05. The van der Waals surface area contributed by atoms with Crippen LogP contribution in [0.1, 0.15) is 37.0 Å². The van der Waals surface area contributed by atoms with Crippen molar-refractivity contribution in [3.63, 3.8) is 0 Å². The second-order valence-electron chi connectivity index (χ2n) is 10.3. The molecule has 0 spiro atoms. The number of rotatable bonds is 6. The van der Waals surface area contributed by atoms with Crippen LogP contribution in [-0.2, 0) is 0 Å². The van der Waals surface area contributed by atoms with E-state index in [4.69, 9.17) is 0 Å². The van der Waals surface area contributed by atoms with Crippen molar-refractivity contribution in [1.82, 2.24) is 20.1 Å². The molecule has 8 nitrogen and oxygen atoms in total. The average Bonchev–Trinajstić information content (AvgIpc) is 3.47. The standard InChI is InChI=1S/C32H31F3N6O2S/c1-20-7-5-8-21(2)28(20)40-17-6-18-44-31(40)38-30(42)37-23(4)22(3)24-9-11-25(12-10-24)29-36-19-41(39-29)26-13-15-27(16-14-26)43-32(33,34)35/h5,7-16,19H,6,17-18H2,1-4H3,(H,37,42)/b23-22+,38-31-. The molecule has 3 aromatic carbocycles. The van der Waals surface area contributed by atoms with Gasteiger partial charge >= 0.3 is 12.4 Å². The molecule has 1 fully saturated rings. The highest BCUT2D eigenvalue weighted by Gasteiger charge is 2.31. The number of nitrogens with one attached hydrogen (secondary N) is 1. The van der Waals surface area contributed by atoms with E-state index in [1.54, 1.807) is 11.8 Å². The van der Waals surface area contributed by atoms with Gasteiger partial charge in [-0.25, -0.2) is 14.5 Å². The predicted molar refractivity (Wildman–Crippen MR) is 168 cm³/mol. The number of nitrogens with zero attached hydrogens (tertiary/aromatic N) is 5. The third-order valence-electron chi connectivity index (χ3n) is 7.15. The molecule has 2 heterocycles. The van der Waals surface area contributed by atoms with Gasteiger partial charge in [-0.15, -0.1) is 18.3 Å². The van der Waals surface area contributed by atoms with Crippen LogP contribution in [0.4, 0.5) is 23.7 Å². The highest BCUT2D eigenvalue weighted by molar-refractivity contribution is 8.14. The molecule has 4 aromatic rings. The largest absolute Gasteiger partial charge is 0.573 e. The molecule has 2 amide bonds. The fraction of sp³-hybridized carbons (Fsp3) is 0.250. The van der Waals surface area contributed by atoms with Crippen LogP contribution < -0.4 is 15.0 Å². The topological polar surface area (TPSA) is 84.6 Å². The summed E-state index contributed by atoms with van der Waals surface area (Å²) < 4.78 is 42.7. The zero-order valence-corrected chi connectivity index (χ0v) is 25.5. The van der Waals surface area contributed by atoms with Gasteiger partial charge in [0.15, 0.2) is 11.0 Å². The van der Waals surface area contributed by atoms with Gasteiger partial charge in [-0.1, -0.05) is 54.2 Å². The van der Waals surface area contributed by atoms with E-state index in [1.165, 1.54) is 35.3 Å². The highest BCUT2D eigenvalue weighted by Crippen LogP contribution is 2.31. The van der Waals surface area contributed by atoms with Crippen molar-refractivity contribution in [2.45, 2.75) is 40.5 Å². The molecule has 5 rings (SSSR count). The number of halogens is 3. The summed E-state index contributed by atoms with van der Waals surface area (Å²) in [6, 6.07) is 18.7. The number of allylic oxidation sites excluding steroid dienone is 2. The first-order chi connectivity index (χ1) is 21.0. The Morgan fingerprint density at radius 2 is 1.68 bits per heavy atom. The Balaban J connectivity index is 1.27. The monoisotopic (exact) mass is 620 g/mol. The Kier molecular flexibility index (Phi) is 9.09. The number of carbonyl (C=O) groups is 1. The number of alkyl halides is 3. The number of ether oxygens (including phenoxy) is 1. The van der Waals surface area contributed by atoms with Crippen LogP contribution in [0.3, 0.4) is 0 Å². The summed E-state index contributed by atoms with van der Waals surface area (Å²) >= 11 is 1.58. The summed E-state index contributed by atoms with van der Waals surface area (Å²) in [6.07, 6.45) is -2.25. The maximum Gasteiger partial charge on any atom is 0.573 e. The van der Waals surface area contributed by atoms with Gasteiger partial charge in [0.1, 0.15) is 12.1 Å². The van der Waals surface area contributed by atoms with E-state index in [1.807, 2.05) is 44.2 Å². The van der Waals surface area contributed by atoms with Crippen LogP contribution in [0.2, 0.25) is 0 Å². The van der Waals surface area contributed by atoms with Crippen molar-refractivity contribution in [3.8, 4) is 22.8 Å². The summed E-state index contributed by atoms with van der Waals surface area (Å²) in [5, 5.41) is 8.07. The van der Waals surface area contributed by atoms with Gasteiger partial charge in [0.05, 0.1) is 5.69 Å². The lowest BCUT2D eigenvalue weighted by Crippen LogP contribution is -2.36. The molecule has 0 bridgehead atoms. The number of aliphatic imine (C=N–C) groups is 1. The number of aromatic nitrogens is 3. The summed E-state index contributed by atoms with van der Waals surface area (Å²) in [6.45, 7) is 8.71. The van der Waals surface area contributed by atoms with Crippen molar-refractivity contribution in [3.05, 3.63) is 95.4 Å². The second-order valence-corrected chi connectivity index (χ2v) is 11.4. The van der Waals surface area contributed by atoms with Crippen LogP contribution in [0.25, 0.3) is 22.6 Å². The number of hydrogen-bond acceptors (Lipinski definition) is 5. The maximum atomic E-state index is 13.0. The number of thioether (sulfide) groups is 1. The molecule has 0 saturated carbocycles. The van der Waals surface area contributed by atoms with Crippen LogP contribution in [0.15, 0.2) is 83.7 Å². The third-order valence-corrected chi connectivity index (χ3v) is 8.22. The van der Waals surface area contributed by atoms with Crippen LogP contribution >= 0.6 is 11.8 Å². The van der Waals surface area contributed by atoms with Gasteiger partial charge in [-0.3, -0.25) is 0 Å². The molecule has 1 N–H and O–H groups in total. The molecule has 1 aliphatic heterocycles. The molecule has 228 valence electrons. The minimum absolute atomic E-state index is 0.313. The van der Waals surface area contributed by atoms with E-state index >= 15 is 0 Å². The number of urea groups is 1. The van der Waals surface area contributed by atoms with Crippen LogP contribution in [0.5, 0.6) is 5.75 Å². The summed E-state index contributed by atoms with van der Waals surface area (Å²) in [4.78, 5) is 23.9. The Bertz CT molecular complexity index is 1690. The van der Waals surface area contributed by atoms with E-state index < -0.39 is 12.4 Å². The molecular formula is C32H31F3N6O2S. The molecular weight excluding hydrogens is 589 g/mol. The van der Waals surface area contributed by atoms with E-state index in [2.05, 4.69) is 56.0 Å². The lowest BCUT2D eigenvalue weighted by molar-refractivity contribution is -0.274. The molecule has 1 aliphatic rings. The van der Waals surface area contributed by atoms with Gasteiger partial charge in [0.25, 0.3) is 0 Å². The third kappa shape index (κ3) is 7.31. The highest BCUT2D eigenvalue weighted by atomic mass is 32.2. The second kappa shape index (κ2) is 13.0. The van der Waals surface area contributed by atoms with Crippen molar-refractivity contribution < 1.29 is 22.7 Å². The average molecular weight is 621 g/mol. The first-order valence-electron chi connectivity index (χ1n) is 13.9. The summed E-state index contributed by atoms with van der Waals surface area (Å²) in [7, 11) is 0. The van der Waals surface area contributed by atoms with Crippen molar-refractivity contribution in [2.75, 3.05) is 17.2 Å². The molecule has 44 heavy (non-hydrogen) atoms. The number of amidine groups is 1. The van der Waals surface area contributed by atoms with E-state index in [0.717, 1.165) is 52.2 Å². The lowest BCUT2D eigenvalue weighted by Gasteiger charge is -2.31. The molecule has 1 aromatic heterocycles.